The van der Waals surface area contributed by atoms with Crippen molar-refractivity contribution in [2.75, 3.05) is 33.3 Å². The summed E-state index contributed by atoms with van der Waals surface area (Å²) in [6.07, 6.45) is 6.80. The third kappa shape index (κ3) is 3.57. The molecular weight excluding hydrogens is 338 g/mol. The van der Waals surface area contributed by atoms with Gasteiger partial charge >= 0.3 is 6.09 Å². The molecule has 1 aromatic heterocycles. The first-order chi connectivity index (χ1) is 13.2. The van der Waals surface area contributed by atoms with Gasteiger partial charge in [-0.15, -0.1) is 0 Å². The van der Waals surface area contributed by atoms with Crippen molar-refractivity contribution in [3.63, 3.8) is 0 Å². The van der Waals surface area contributed by atoms with Crippen molar-refractivity contribution in [3.05, 3.63) is 36.0 Å². The van der Waals surface area contributed by atoms with Crippen LogP contribution in [0.2, 0.25) is 0 Å². The smallest absolute Gasteiger partial charge is 0.409 e. The van der Waals surface area contributed by atoms with Crippen molar-refractivity contribution in [2.24, 2.45) is 0 Å². The summed E-state index contributed by atoms with van der Waals surface area (Å²) < 4.78 is 7.24. The summed E-state index contributed by atoms with van der Waals surface area (Å²) in [6, 6.07) is 9.44. The Kier molecular flexibility index (Phi) is 5.39. The molecule has 2 aliphatic rings. The molecule has 5 heteroatoms. The molecular formula is C22H31N3O2. The third-order valence-corrected chi connectivity index (χ3v) is 6.54. The monoisotopic (exact) mass is 369 g/mol. The van der Waals surface area contributed by atoms with Crippen LogP contribution in [0.25, 0.3) is 10.9 Å². The summed E-state index contributed by atoms with van der Waals surface area (Å²) in [4.78, 5) is 16.2. The maximum atomic E-state index is 11.7. The number of rotatable bonds is 3. The summed E-state index contributed by atoms with van der Waals surface area (Å²) in [5.41, 5.74) is 2.90. The van der Waals surface area contributed by atoms with E-state index in [0.29, 0.717) is 12.0 Å². The van der Waals surface area contributed by atoms with Gasteiger partial charge in [-0.05, 0) is 63.2 Å². The Morgan fingerprint density at radius 1 is 1.07 bits per heavy atom. The summed E-state index contributed by atoms with van der Waals surface area (Å²) in [5.74, 6) is 0.661. The Balaban J connectivity index is 1.38. The van der Waals surface area contributed by atoms with Crippen LogP contribution in [0.5, 0.6) is 0 Å². The molecule has 0 saturated carbocycles. The summed E-state index contributed by atoms with van der Waals surface area (Å²) in [5, 5.41) is 1.43. The number of carbonyl (C=O) groups is 1. The Hall–Kier alpha value is -2.01. The first kappa shape index (κ1) is 18.4. The molecule has 2 aromatic rings. The van der Waals surface area contributed by atoms with E-state index in [2.05, 4.69) is 46.9 Å². The van der Waals surface area contributed by atoms with Crippen molar-refractivity contribution in [3.8, 4) is 0 Å². The van der Waals surface area contributed by atoms with Crippen LogP contribution in [0, 0.1) is 0 Å². The number of nitrogens with zero attached hydrogens (tertiary/aromatic N) is 3. The first-order valence-electron chi connectivity index (χ1n) is 10.4. The molecule has 2 saturated heterocycles. The van der Waals surface area contributed by atoms with Crippen LogP contribution in [0.3, 0.4) is 0 Å². The number of aryl methyl sites for hydroxylation is 1. The third-order valence-electron chi connectivity index (χ3n) is 6.54. The number of hydrogen-bond acceptors (Lipinski definition) is 3. The fourth-order valence-electron chi connectivity index (χ4n) is 4.98. The van der Waals surface area contributed by atoms with Gasteiger partial charge in [-0.2, -0.15) is 0 Å². The Labute approximate surface area is 161 Å². The summed E-state index contributed by atoms with van der Waals surface area (Å²) in [6.45, 7) is 7.22. The highest BCUT2D eigenvalue weighted by Gasteiger charge is 2.31. The van der Waals surface area contributed by atoms with Gasteiger partial charge in [0.1, 0.15) is 0 Å². The Morgan fingerprint density at radius 3 is 2.44 bits per heavy atom. The number of benzene rings is 1. The van der Waals surface area contributed by atoms with E-state index in [4.69, 9.17) is 4.74 Å². The second kappa shape index (κ2) is 7.93. The standard InChI is InChI=1S/C22H31N3O2/c1-3-23-16-20(19-6-4-5-7-21(19)23)17-8-12-24(13-9-17)18-10-14-25(15-11-18)22(26)27-2/h4-7,16-18H,3,8-15H2,1-2H3. The molecule has 27 heavy (non-hydrogen) atoms. The number of methoxy groups -OCH3 is 1. The molecule has 1 amide bonds. The predicted molar refractivity (Wildman–Crippen MR) is 108 cm³/mol. The average molecular weight is 370 g/mol. The molecule has 0 radical (unpaired) electrons. The van der Waals surface area contributed by atoms with Gasteiger partial charge in [0.15, 0.2) is 0 Å². The lowest BCUT2D eigenvalue weighted by molar-refractivity contribution is 0.0734. The number of likely N-dealkylation sites (tertiary alicyclic amines) is 2. The van der Waals surface area contributed by atoms with E-state index in [1.54, 1.807) is 0 Å². The van der Waals surface area contributed by atoms with Gasteiger partial charge in [0, 0.05) is 42.8 Å². The Bertz CT molecular complexity index is 784. The van der Waals surface area contributed by atoms with E-state index >= 15 is 0 Å². The van der Waals surface area contributed by atoms with E-state index in [0.717, 1.165) is 32.5 Å². The zero-order valence-corrected chi connectivity index (χ0v) is 16.6. The maximum Gasteiger partial charge on any atom is 0.409 e. The molecule has 0 atom stereocenters. The largest absolute Gasteiger partial charge is 0.453 e. The van der Waals surface area contributed by atoms with E-state index in [-0.39, 0.29) is 6.09 Å². The quantitative estimate of drug-likeness (QED) is 0.818. The number of aromatic nitrogens is 1. The predicted octanol–water partition coefficient (Wildman–Crippen LogP) is 4.07. The number of hydrogen-bond donors (Lipinski definition) is 0. The van der Waals surface area contributed by atoms with Crippen LogP contribution in [-0.2, 0) is 11.3 Å². The number of para-hydroxylation sites is 1. The maximum absolute atomic E-state index is 11.7. The minimum Gasteiger partial charge on any atom is -0.453 e. The molecule has 1 aromatic carbocycles. The van der Waals surface area contributed by atoms with E-state index < -0.39 is 0 Å². The number of ether oxygens (including phenoxy) is 1. The molecule has 146 valence electrons. The lowest BCUT2D eigenvalue weighted by Crippen LogP contribution is -2.48. The lowest BCUT2D eigenvalue weighted by atomic mass is 9.88. The van der Waals surface area contributed by atoms with Gasteiger partial charge < -0.3 is 19.1 Å². The van der Waals surface area contributed by atoms with Gasteiger partial charge in [0.05, 0.1) is 7.11 Å². The van der Waals surface area contributed by atoms with Crippen molar-refractivity contribution in [1.29, 1.82) is 0 Å². The van der Waals surface area contributed by atoms with Crippen LogP contribution >= 0.6 is 0 Å². The number of carbonyl (C=O) groups excluding carboxylic acids is 1. The zero-order chi connectivity index (χ0) is 18.8. The molecule has 0 N–H and O–H groups in total. The fourth-order valence-corrected chi connectivity index (χ4v) is 4.98. The topological polar surface area (TPSA) is 37.7 Å². The number of piperidine rings is 2. The molecule has 0 spiro atoms. The summed E-state index contributed by atoms with van der Waals surface area (Å²) >= 11 is 0. The fraction of sp³-hybridized carbons (Fsp3) is 0.591. The van der Waals surface area contributed by atoms with Gasteiger partial charge in [0.25, 0.3) is 0 Å². The van der Waals surface area contributed by atoms with Crippen LogP contribution in [0.4, 0.5) is 4.79 Å². The van der Waals surface area contributed by atoms with Crippen molar-refractivity contribution in [1.82, 2.24) is 14.4 Å². The lowest BCUT2D eigenvalue weighted by Gasteiger charge is -2.41. The normalized spacial score (nSPS) is 20.3. The highest BCUT2D eigenvalue weighted by atomic mass is 16.5. The first-order valence-corrected chi connectivity index (χ1v) is 10.4. The highest BCUT2D eigenvalue weighted by molar-refractivity contribution is 5.84. The molecule has 2 aliphatic heterocycles. The zero-order valence-electron chi connectivity index (χ0n) is 16.6. The number of fused-ring (bicyclic) bond motifs is 1. The average Bonchev–Trinajstić information content (AvgIpc) is 3.12. The molecule has 5 nitrogen and oxygen atoms in total. The molecule has 0 aliphatic carbocycles. The van der Waals surface area contributed by atoms with E-state index in [9.17, 15) is 4.79 Å². The second-order valence-electron chi connectivity index (χ2n) is 7.89. The SMILES string of the molecule is CCn1cc(C2CCN(C3CCN(C(=O)OC)CC3)CC2)c2ccccc21. The van der Waals surface area contributed by atoms with Crippen molar-refractivity contribution in [2.45, 2.75) is 51.1 Å². The molecule has 4 rings (SSSR count). The minimum atomic E-state index is -0.181. The minimum absolute atomic E-state index is 0.181. The highest BCUT2D eigenvalue weighted by Crippen LogP contribution is 2.35. The van der Waals surface area contributed by atoms with Gasteiger partial charge in [0.2, 0.25) is 0 Å². The molecule has 0 bridgehead atoms. The van der Waals surface area contributed by atoms with E-state index in [1.165, 1.54) is 49.5 Å². The van der Waals surface area contributed by atoms with Gasteiger partial charge in [-0.3, -0.25) is 0 Å². The molecule has 2 fully saturated rings. The number of amides is 1. The van der Waals surface area contributed by atoms with Crippen molar-refractivity contribution < 1.29 is 9.53 Å². The van der Waals surface area contributed by atoms with E-state index in [1.807, 2.05) is 4.90 Å². The Morgan fingerprint density at radius 2 is 1.78 bits per heavy atom. The van der Waals surface area contributed by atoms with Gasteiger partial charge in [-0.1, -0.05) is 18.2 Å². The molecule has 3 heterocycles. The van der Waals surface area contributed by atoms with Crippen LogP contribution in [-0.4, -0.2) is 59.8 Å². The van der Waals surface area contributed by atoms with Crippen LogP contribution in [0.15, 0.2) is 30.5 Å². The second-order valence-corrected chi connectivity index (χ2v) is 7.89. The van der Waals surface area contributed by atoms with Crippen LogP contribution < -0.4 is 0 Å². The van der Waals surface area contributed by atoms with Crippen molar-refractivity contribution >= 4 is 17.0 Å². The molecule has 0 unspecified atom stereocenters. The summed E-state index contributed by atoms with van der Waals surface area (Å²) in [7, 11) is 1.47. The van der Waals surface area contributed by atoms with Gasteiger partial charge in [-0.25, -0.2) is 4.79 Å². The van der Waals surface area contributed by atoms with Crippen LogP contribution in [0.1, 0.15) is 44.1 Å².